The largest absolute Gasteiger partial charge is 0.480 e. The maximum Gasteiger partial charge on any atom is 0.326 e. The van der Waals surface area contributed by atoms with Crippen LogP contribution in [0, 0.1) is 11.8 Å². The standard InChI is InChI=1S/C24H38N4O5S/c1-14(2)19(22(30)26-18(24(32)33)11-12-34-5)28-23(31)20(15(3)4)27-21(29)17(25)13-16-9-7-6-8-10-16/h6-10,14-15,17-20H,11-13,25H2,1-5H3,(H,26,30)(H,27,29)(H,28,31)(H,32,33). The Morgan fingerprint density at radius 1 is 0.882 bits per heavy atom. The number of thioether (sulfide) groups is 1. The molecule has 0 radical (unpaired) electrons. The first kappa shape index (κ1) is 29.4. The molecule has 0 saturated carbocycles. The van der Waals surface area contributed by atoms with Crippen LogP contribution in [0.1, 0.15) is 39.7 Å². The molecule has 190 valence electrons. The summed E-state index contributed by atoms with van der Waals surface area (Å²) in [7, 11) is 0. The molecule has 1 aromatic rings. The molecule has 1 aromatic carbocycles. The molecule has 10 heteroatoms. The van der Waals surface area contributed by atoms with Crippen LogP contribution in [-0.2, 0) is 25.6 Å². The molecule has 6 N–H and O–H groups in total. The second-order valence-electron chi connectivity index (χ2n) is 8.94. The number of nitrogens with two attached hydrogens (primary N) is 1. The van der Waals surface area contributed by atoms with E-state index in [4.69, 9.17) is 5.73 Å². The zero-order chi connectivity index (χ0) is 25.8. The number of amides is 3. The average molecular weight is 495 g/mol. The van der Waals surface area contributed by atoms with E-state index in [2.05, 4.69) is 16.0 Å². The number of aliphatic carboxylic acids is 1. The Morgan fingerprint density at radius 2 is 1.38 bits per heavy atom. The minimum atomic E-state index is -1.13. The van der Waals surface area contributed by atoms with Crippen molar-refractivity contribution in [1.82, 2.24) is 16.0 Å². The fraction of sp³-hybridized carbons (Fsp3) is 0.583. The van der Waals surface area contributed by atoms with Crippen molar-refractivity contribution in [2.75, 3.05) is 12.0 Å². The van der Waals surface area contributed by atoms with Gasteiger partial charge in [-0.25, -0.2) is 4.79 Å². The third kappa shape index (κ3) is 9.72. The van der Waals surface area contributed by atoms with Crippen molar-refractivity contribution in [2.45, 2.75) is 64.7 Å². The van der Waals surface area contributed by atoms with Gasteiger partial charge in [0.1, 0.15) is 18.1 Å². The number of carboxylic acids is 1. The van der Waals surface area contributed by atoms with Gasteiger partial charge in [0, 0.05) is 0 Å². The molecule has 0 fully saturated rings. The summed E-state index contributed by atoms with van der Waals surface area (Å²) < 4.78 is 0. The van der Waals surface area contributed by atoms with E-state index in [1.54, 1.807) is 27.7 Å². The Morgan fingerprint density at radius 3 is 1.85 bits per heavy atom. The lowest BCUT2D eigenvalue weighted by Crippen LogP contribution is -2.59. The third-order valence-electron chi connectivity index (χ3n) is 5.35. The minimum Gasteiger partial charge on any atom is -0.480 e. The number of carbonyl (C=O) groups is 4. The zero-order valence-electron chi connectivity index (χ0n) is 20.5. The average Bonchev–Trinajstić information content (AvgIpc) is 2.77. The van der Waals surface area contributed by atoms with Crippen molar-refractivity contribution in [3.05, 3.63) is 35.9 Å². The van der Waals surface area contributed by atoms with Gasteiger partial charge in [-0.1, -0.05) is 58.0 Å². The molecule has 0 aliphatic heterocycles. The van der Waals surface area contributed by atoms with Crippen molar-refractivity contribution < 1.29 is 24.3 Å². The van der Waals surface area contributed by atoms with Crippen molar-refractivity contribution in [3.63, 3.8) is 0 Å². The van der Waals surface area contributed by atoms with Gasteiger partial charge in [-0.2, -0.15) is 11.8 Å². The predicted octanol–water partition coefficient (Wildman–Crippen LogP) is 1.16. The second-order valence-corrected chi connectivity index (χ2v) is 9.92. The first-order valence-electron chi connectivity index (χ1n) is 11.4. The number of rotatable bonds is 14. The summed E-state index contributed by atoms with van der Waals surface area (Å²) in [5, 5.41) is 17.3. The molecule has 0 aliphatic carbocycles. The first-order valence-corrected chi connectivity index (χ1v) is 12.8. The fourth-order valence-corrected chi connectivity index (χ4v) is 3.76. The monoisotopic (exact) mass is 494 g/mol. The minimum absolute atomic E-state index is 0.267. The molecule has 0 aromatic heterocycles. The van der Waals surface area contributed by atoms with Crippen LogP contribution in [0.2, 0.25) is 0 Å². The lowest BCUT2D eigenvalue weighted by atomic mass is 9.98. The van der Waals surface area contributed by atoms with Crippen LogP contribution in [0.25, 0.3) is 0 Å². The normalized spacial score (nSPS) is 14.7. The van der Waals surface area contributed by atoms with Crippen LogP contribution in [-0.4, -0.2) is 65.0 Å². The lowest BCUT2D eigenvalue weighted by Gasteiger charge is -2.28. The van der Waals surface area contributed by atoms with Crippen LogP contribution >= 0.6 is 11.8 Å². The molecule has 4 atom stereocenters. The molecule has 4 unspecified atom stereocenters. The maximum atomic E-state index is 13.0. The van der Waals surface area contributed by atoms with Gasteiger partial charge in [0.05, 0.1) is 6.04 Å². The summed E-state index contributed by atoms with van der Waals surface area (Å²) in [6.07, 6.45) is 2.44. The summed E-state index contributed by atoms with van der Waals surface area (Å²) >= 11 is 1.48. The quantitative estimate of drug-likeness (QED) is 0.260. The summed E-state index contributed by atoms with van der Waals surface area (Å²) in [6.45, 7) is 7.06. The van der Waals surface area contributed by atoms with Gasteiger partial charge in [-0.05, 0) is 42.2 Å². The fourth-order valence-electron chi connectivity index (χ4n) is 3.29. The molecule has 0 heterocycles. The molecule has 9 nitrogen and oxygen atoms in total. The van der Waals surface area contributed by atoms with E-state index in [1.807, 2.05) is 36.6 Å². The maximum absolute atomic E-state index is 13.0. The van der Waals surface area contributed by atoms with Crippen molar-refractivity contribution in [2.24, 2.45) is 17.6 Å². The molecule has 0 bridgehead atoms. The molecule has 3 amide bonds. The van der Waals surface area contributed by atoms with E-state index in [0.717, 1.165) is 5.56 Å². The Hall–Kier alpha value is -2.59. The van der Waals surface area contributed by atoms with E-state index in [1.165, 1.54) is 11.8 Å². The van der Waals surface area contributed by atoms with Crippen molar-refractivity contribution in [3.8, 4) is 0 Å². The first-order chi connectivity index (χ1) is 16.0. The number of carbonyl (C=O) groups excluding carboxylic acids is 3. The van der Waals surface area contributed by atoms with E-state index in [-0.39, 0.29) is 18.3 Å². The Kier molecular flexibility index (Phi) is 12.7. The highest BCUT2D eigenvalue weighted by molar-refractivity contribution is 7.98. The topological polar surface area (TPSA) is 151 Å². The SMILES string of the molecule is CSCCC(NC(=O)C(NC(=O)C(NC(=O)C(N)Cc1ccccc1)C(C)C)C(C)C)C(=O)O. The molecule has 0 saturated heterocycles. The summed E-state index contributed by atoms with van der Waals surface area (Å²) in [6, 6.07) is 5.58. The smallest absolute Gasteiger partial charge is 0.326 e. The zero-order valence-corrected chi connectivity index (χ0v) is 21.4. The van der Waals surface area contributed by atoms with Crippen molar-refractivity contribution >= 4 is 35.5 Å². The van der Waals surface area contributed by atoms with Gasteiger partial charge >= 0.3 is 5.97 Å². The molecular weight excluding hydrogens is 456 g/mol. The van der Waals surface area contributed by atoms with E-state index >= 15 is 0 Å². The summed E-state index contributed by atoms with van der Waals surface area (Å²) in [5.41, 5.74) is 6.96. The van der Waals surface area contributed by atoms with Gasteiger partial charge in [0.2, 0.25) is 17.7 Å². The molecule has 0 aliphatic rings. The Labute approximate surface area is 206 Å². The van der Waals surface area contributed by atoms with E-state index < -0.39 is 47.9 Å². The highest BCUT2D eigenvalue weighted by Gasteiger charge is 2.33. The van der Waals surface area contributed by atoms with Crippen LogP contribution in [0.5, 0.6) is 0 Å². The number of hydrogen-bond donors (Lipinski definition) is 5. The van der Waals surface area contributed by atoms with Crippen LogP contribution in [0.4, 0.5) is 0 Å². The molecule has 0 spiro atoms. The van der Waals surface area contributed by atoms with E-state index in [0.29, 0.717) is 12.2 Å². The number of carboxylic acid groups (broad SMARTS) is 1. The van der Waals surface area contributed by atoms with Gasteiger partial charge in [-0.15, -0.1) is 0 Å². The van der Waals surface area contributed by atoms with Crippen molar-refractivity contribution in [1.29, 1.82) is 0 Å². The van der Waals surface area contributed by atoms with Gasteiger partial charge in [-0.3, -0.25) is 14.4 Å². The second kappa shape index (κ2) is 14.6. The summed E-state index contributed by atoms with van der Waals surface area (Å²) in [5.74, 6) is -2.70. The van der Waals surface area contributed by atoms with Crippen LogP contribution in [0.3, 0.4) is 0 Å². The van der Waals surface area contributed by atoms with Crippen LogP contribution in [0.15, 0.2) is 30.3 Å². The van der Waals surface area contributed by atoms with Gasteiger partial charge in [0.25, 0.3) is 0 Å². The van der Waals surface area contributed by atoms with Gasteiger partial charge in [0.15, 0.2) is 0 Å². The van der Waals surface area contributed by atoms with E-state index in [9.17, 15) is 24.3 Å². The highest BCUT2D eigenvalue weighted by atomic mass is 32.2. The predicted molar refractivity (Wildman–Crippen MR) is 134 cm³/mol. The molecule has 34 heavy (non-hydrogen) atoms. The Balaban J connectivity index is 2.86. The highest BCUT2D eigenvalue weighted by Crippen LogP contribution is 2.09. The molecule has 1 rings (SSSR count). The lowest BCUT2D eigenvalue weighted by molar-refractivity contribution is -0.142. The number of benzene rings is 1. The molecular formula is C24H38N4O5S. The van der Waals surface area contributed by atoms with Crippen LogP contribution < -0.4 is 21.7 Å². The number of hydrogen-bond acceptors (Lipinski definition) is 6. The van der Waals surface area contributed by atoms with Gasteiger partial charge < -0.3 is 26.8 Å². The Bertz CT molecular complexity index is 819. The third-order valence-corrected chi connectivity index (χ3v) is 6.00. The summed E-state index contributed by atoms with van der Waals surface area (Å²) in [4.78, 5) is 50.0. The number of nitrogens with one attached hydrogen (secondary N) is 3.